The highest BCUT2D eigenvalue weighted by molar-refractivity contribution is 5.91. The minimum Gasteiger partial charge on any atom is -0.508 e. The molecule has 0 aromatic heterocycles. The second kappa shape index (κ2) is 19.4. The number of carbonyl (C=O) groups excluding carboxylic acids is 3. The van der Waals surface area contributed by atoms with Crippen molar-refractivity contribution in [3.05, 3.63) is 65.5 Å². The summed E-state index contributed by atoms with van der Waals surface area (Å²) in [6, 6.07) is 10.7. The average Bonchev–Trinajstić information content (AvgIpc) is 2.95. The molecule has 0 heterocycles. The average molecular weight is 604 g/mol. The maximum atomic E-state index is 13.9. The van der Waals surface area contributed by atoms with E-state index in [9.17, 15) is 23.9 Å². The first kappa shape index (κ1) is 36.3. The smallest absolute Gasteiger partial charge is 0.300 e. The van der Waals surface area contributed by atoms with Gasteiger partial charge >= 0.3 is 0 Å². The first-order chi connectivity index (χ1) is 20.3. The molecule has 2 atom stereocenters. The van der Waals surface area contributed by atoms with E-state index in [0.717, 1.165) is 12.5 Å². The summed E-state index contributed by atoms with van der Waals surface area (Å²) in [7, 11) is 0. The Kier molecular flexibility index (Phi) is 16.4. The van der Waals surface area contributed by atoms with Crippen LogP contribution in [0.2, 0.25) is 0 Å². The number of guanidine groups is 1. The van der Waals surface area contributed by atoms with Gasteiger partial charge in [-0.2, -0.15) is 0 Å². The van der Waals surface area contributed by atoms with Crippen molar-refractivity contribution in [3.8, 4) is 5.75 Å². The van der Waals surface area contributed by atoms with Crippen LogP contribution in [0.4, 0.5) is 4.39 Å². The van der Waals surface area contributed by atoms with Gasteiger partial charge in [0.25, 0.3) is 5.97 Å². The molecule has 3 amide bonds. The molecule has 0 saturated carbocycles. The van der Waals surface area contributed by atoms with E-state index in [4.69, 9.17) is 27.1 Å². The lowest BCUT2D eigenvalue weighted by molar-refractivity contribution is -0.134. The summed E-state index contributed by atoms with van der Waals surface area (Å²) in [5.74, 6) is -2.59. The van der Waals surface area contributed by atoms with Crippen molar-refractivity contribution < 1.29 is 33.8 Å². The minimum absolute atomic E-state index is 0.0865. The number of nitrogens with one attached hydrogen (secondary N) is 2. The molecule has 2 aromatic carbocycles. The second-order valence-corrected chi connectivity index (χ2v) is 9.54. The molecule has 2 aromatic rings. The summed E-state index contributed by atoms with van der Waals surface area (Å²) >= 11 is 0. The fourth-order valence-corrected chi connectivity index (χ4v) is 3.84. The van der Waals surface area contributed by atoms with E-state index in [2.05, 4.69) is 15.6 Å². The van der Waals surface area contributed by atoms with Gasteiger partial charge in [-0.05, 0) is 61.9 Å². The number of nitrogens with two attached hydrogens (primary N) is 3. The monoisotopic (exact) mass is 603 g/mol. The number of hydrogen-bond donors (Lipinski definition) is 7. The van der Waals surface area contributed by atoms with Gasteiger partial charge in [0.2, 0.25) is 17.7 Å². The zero-order valence-electron chi connectivity index (χ0n) is 24.5. The van der Waals surface area contributed by atoms with Crippen LogP contribution in [0.1, 0.15) is 37.8 Å². The van der Waals surface area contributed by atoms with Crippen LogP contribution in [0.25, 0.3) is 0 Å². The molecule has 0 aliphatic rings. The van der Waals surface area contributed by atoms with Crippen LogP contribution in [-0.4, -0.2) is 83.0 Å². The number of aromatic hydroxyl groups is 1. The summed E-state index contributed by atoms with van der Waals surface area (Å²) in [6.07, 6.45) is 1.13. The van der Waals surface area contributed by atoms with Gasteiger partial charge in [0.05, 0.1) is 12.6 Å². The van der Waals surface area contributed by atoms with Gasteiger partial charge in [0.1, 0.15) is 17.6 Å². The van der Waals surface area contributed by atoms with Crippen molar-refractivity contribution in [3.63, 3.8) is 0 Å². The standard InChI is InChI=1S/C27H38FN7O4.C2H4O2/c1-2-35(15-13-19-6-3-4-7-21(19)28)24(37)17-33-26(39)23(8-5-14-32-27(30)31)34-25(38)22(29)16-18-9-11-20(36)12-10-18;1-2(3)4/h3-4,6-7,9-12,22-23,36H,2,5,8,13-17,29H2,1H3,(H,33,39)(H,34,38)(H4,30,31,32);1H3,(H,3,4)/t22-,23+;/m0./s1. The van der Waals surface area contributed by atoms with Crippen LogP contribution in [0, 0.1) is 5.82 Å². The Morgan fingerprint density at radius 3 is 2.26 bits per heavy atom. The SMILES string of the molecule is CC(=O)O.CCN(CCc1ccccc1F)C(=O)CNC(=O)[C@@H](CCCN=C(N)N)NC(=O)[C@@H](N)Cc1ccc(O)cc1. The van der Waals surface area contributed by atoms with Crippen LogP contribution in [0.5, 0.6) is 5.75 Å². The Labute approximate surface area is 250 Å². The zero-order chi connectivity index (χ0) is 32.4. The van der Waals surface area contributed by atoms with Crippen molar-refractivity contribution in [2.24, 2.45) is 22.2 Å². The number of phenols is 1. The number of aliphatic carboxylic acids is 1. The largest absolute Gasteiger partial charge is 0.508 e. The number of nitrogens with zero attached hydrogens (tertiary/aromatic N) is 2. The molecule has 0 aliphatic carbocycles. The first-order valence-corrected chi connectivity index (χ1v) is 13.7. The lowest BCUT2D eigenvalue weighted by Crippen LogP contribution is -2.53. The molecule has 0 saturated heterocycles. The Balaban J connectivity index is 0.00000217. The summed E-state index contributed by atoms with van der Waals surface area (Å²) < 4.78 is 13.9. The highest BCUT2D eigenvalue weighted by atomic mass is 19.1. The number of carbonyl (C=O) groups is 4. The fraction of sp³-hybridized carbons (Fsp3) is 0.414. The molecule has 0 unspecified atom stereocenters. The maximum Gasteiger partial charge on any atom is 0.300 e. The number of rotatable bonds is 15. The number of likely N-dealkylation sites (N-methyl/N-ethyl adjacent to an activating group) is 1. The quantitative estimate of drug-likeness (QED) is 0.0839. The van der Waals surface area contributed by atoms with Crippen LogP contribution in [0.3, 0.4) is 0 Å². The molecule has 0 fully saturated rings. The number of carboxylic acid groups (broad SMARTS) is 1. The van der Waals surface area contributed by atoms with Crippen LogP contribution >= 0.6 is 0 Å². The molecule has 14 heteroatoms. The van der Waals surface area contributed by atoms with Crippen molar-refractivity contribution in [2.75, 3.05) is 26.2 Å². The second-order valence-electron chi connectivity index (χ2n) is 9.54. The van der Waals surface area contributed by atoms with Gasteiger partial charge in [-0.1, -0.05) is 30.3 Å². The third-order valence-corrected chi connectivity index (χ3v) is 6.06. The van der Waals surface area contributed by atoms with E-state index in [-0.39, 0.29) is 55.9 Å². The van der Waals surface area contributed by atoms with Crippen LogP contribution in [-0.2, 0) is 32.0 Å². The highest BCUT2D eigenvalue weighted by Crippen LogP contribution is 2.11. The number of halogens is 1. The number of aliphatic imine (C=N–C) groups is 1. The Morgan fingerprint density at radius 1 is 1.05 bits per heavy atom. The first-order valence-electron chi connectivity index (χ1n) is 13.7. The highest BCUT2D eigenvalue weighted by Gasteiger charge is 2.25. The lowest BCUT2D eigenvalue weighted by atomic mass is 10.0. The number of benzene rings is 2. The topological polar surface area (TPSA) is 226 Å². The predicted molar refractivity (Wildman–Crippen MR) is 160 cm³/mol. The van der Waals surface area contributed by atoms with Crippen molar-refractivity contribution in [1.82, 2.24) is 15.5 Å². The maximum absolute atomic E-state index is 13.9. The van der Waals surface area contributed by atoms with Crippen molar-refractivity contribution in [2.45, 2.75) is 51.6 Å². The number of hydrogen-bond acceptors (Lipinski definition) is 7. The van der Waals surface area contributed by atoms with E-state index >= 15 is 0 Å². The van der Waals surface area contributed by atoms with Crippen LogP contribution in [0.15, 0.2) is 53.5 Å². The van der Waals surface area contributed by atoms with E-state index < -0.39 is 29.9 Å². The molecule has 10 N–H and O–H groups in total. The molecule has 0 aliphatic heterocycles. The molecule has 236 valence electrons. The molecule has 13 nitrogen and oxygen atoms in total. The summed E-state index contributed by atoms with van der Waals surface area (Å²) in [5.41, 5.74) is 18.0. The molecule has 0 spiro atoms. The predicted octanol–water partition coefficient (Wildman–Crippen LogP) is 0.238. The minimum atomic E-state index is -0.973. The number of phenolic OH excluding ortho intramolecular Hbond substituents is 1. The van der Waals surface area contributed by atoms with Crippen molar-refractivity contribution in [1.29, 1.82) is 0 Å². The third-order valence-electron chi connectivity index (χ3n) is 6.06. The number of amides is 3. The summed E-state index contributed by atoms with van der Waals surface area (Å²) in [5, 5.41) is 22.1. The molecule has 43 heavy (non-hydrogen) atoms. The molecular weight excluding hydrogens is 561 g/mol. The van der Waals surface area contributed by atoms with Crippen LogP contribution < -0.4 is 27.8 Å². The zero-order valence-corrected chi connectivity index (χ0v) is 24.5. The molecule has 2 rings (SSSR count). The Hall–Kier alpha value is -4.72. The molecule has 0 radical (unpaired) electrons. The van der Waals surface area contributed by atoms with Gasteiger partial charge in [0, 0.05) is 26.6 Å². The van der Waals surface area contributed by atoms with E-state index in [1.54, 1.807) is 37.3 Å². The van der Waals surface area contributed by atoms with E-state index in [1.807, 2.05) is 0 Å². The lowest BCUT2D eigenvalue weighted by Gasteiger charge is -2.23. The molecule has 0 bridgehead atoms. The third kappa shape index (κ3) is 15.2. The number of carboxylic acids is 1. The van der Waals surface area contributed by atoms with E-state index in [0.29, 0.717) is 24.9 Å². The summed E-state index contributed by atoms with van der Waals surface area (Å²) in [6.45, 7) is 3.51. The van der Waals surface area contributed by atoms with Gasteiger partial charge in [-0.25, -0.2) is 4.39 Å². The fourth-order valence-electron chi connectivity index (χ4n) is 3.84. The van der Waals surface area contributed by atoms with E-state index in [1.165, 1.54) is 23.1 Å². The normalized spacial score (nSPS) is 11.6. The van der Waals surface area contributed by atoms with Gasteiger partial charge in [-0.3, -0.25) is 24.2 Å². The summed E-state index contributed by atoms with van der Waals surface area (Å²) in [4.78, 5) is 52.9. The Bertz CT molecular complexity index is 1220. The van der Waals surface area contributed by atoms with Gasteiger partial charge in [-0.15, -0.1) is 0 Å². The van der Waals surface area contributed by atoms with Gasteiger partial charge < -0.3 is 42.9 Å². The molecular formula is C29H42FN7O6. The Morgan fingerprint density at radius 2 is 1.67 bits per heavy atom. The van der Waals surface area contributed by atoms with Crippen molar-refractivity contribution >= 4 is 29.7 Å². The van der Waals surface area contributed by atoms with Gasteiger partial charge in [0.15, 0.2) is 5.96 Å².